The van der Waals surface area contributed by atoms with E-state index >= 15 is 0 Å². The number of aliphatic hydroxyl groups excluding tert-OH is 1. The van der Waals surface area contributed by atoms with Crippen molar-refractivity contribution in [2.24, 2.45) is 11.8 Å². The molecule has 19 heavy (non-hydrogen) atoms. The van der Waals surface area contributed by atoms with E-state index in [1.807, 2.05) is 0 Å². The predicted octanol–water partition coefficient (Wildman–Crippen LogP) is 2.37. The fraction of sp³-hybridized carbons (Fsp3) is 0.933. The van der Waals surface area contributed by atoms with Gasteiger partial charge in [-0.25, -0.2) is 4.79 Å². The molecule has 2 fully saturated rings. The number of carbonyl (C=O) groups is 1. The molecular formula is C15H28N2O2. The molecule has 1 aliphatic carbocycles. The zero-order valence-corrected chi connectivity index (χ0v) is 12.1. The molecule has 2 amide bonds. The van der Waals surface area contributed by atoms with Crippen LogP contribution < -0.4 is 5.32 Å². The molecule has 4 nitrogen and oxygen atoms in total. The van der Waals surface area contributed by atoms with Crippen molar-refractivity contribution in [3.05, 3.63) is 0 Å². The quantitative estimate of drug-likeness (QED) is 0.822. The third-order valence-electron chi connectivity index (χ3n) is 4.72. The van der Waals surface area contributed by atoms with Gasteiger partial charge in [0.15, 0.2) is 0 Å². The molecule has 0 bridgehead atoms. The minimum atomic E-state index is 0.0143. The van der Waals surface area contributed by atoms with Gasteiger partial charge in [0.1, 0.15) is 0 Å². The Morgan fingerprint density at radius 3 is 2.89 bits per heavy atom. The van der Waals surface area contributed by atoms with Gasteiger partial charge in [0.2, 0.25) is 0 Å². The van der Waals surface area contributed by atoms with Gasteiger partial charge in [0.25, 0.3) is 0 Å². The summed E-state index contributed by atoms with van der Waals surface area (Å²) in [6, 6.07) is 0.0510. The van der Waals surface area contributed by atoms with Gasteiger partial charge in [0, 0.05) is 13.1 Å². The first-order chi connectivity index (χ1) is 9.20. The van der Waals surface area contributed by atoms with Crippen LogP contribution >= 0.6 is 0 Å². The highest BCUT2D eigenvalue weighted by atomic mass is 16.3. The summed E-state index contributed by atoms with van der Waals surface area (Å²) in [5.41, 5.74) is 0. The monoisotopic (exact) mass is 268 g/mol. The number of urea groups is 1. The Morgan fingerprint density at radius 1 is 1.32 bits per heavy atom. The Hall–Kier alpha value is -0.770. The minimum Gasteiger partial charge on any atom is -0.394 e. The van der Waals surface area contributed by atoms with Crippen molar-refractivity contribution in [2.45, 2.75) is 57.9 Å². The Labute approximate surface area is 116 Å². The third-order valence-corrected chi connectivity index (χ3v) is 4.72. The lowest BCUT2D eigenvalue weighted by atomic mass is 9.81. The van der Waals surface area contributed by atoms with Gasteiger partial charge in [-0.15, -0.1) is 0 Å². The van der Waals surface area contributed by atoms with E-state index in [0.717, 1.165) is 44.2 Å². The van der Waals surface area contributed by atoms with Crippen LogP contribution in [-0.4, -0.2) is 41.8 Å². The lowest BCUT2D eigenvalue weighted by Gasteiger charge is -2.27. The van der Waals surface area contributed by atoms with Gasteiger partial charge >= 0.3 is 6.03 Å². The SMILES string of the molecule is CC1CCCC(CCNC(=O)N2CCCC2CO)C1. The maximum atomic E-state index is 12.0. The van der Waals surface area contributed by atoms with Crippen molar-refractivity contribution in [2.75, 3.05) is 19.7 Å². The molecule has 2 rings (SSSR count). The molecule has 3 unspecified atom stereocenters. The first-order valence-electron chi connectivity index (χ1n) is 7.86. The number of carbonyl (C=O) groups excluding carboxylic acids is 1. The Balaban J connectivity index is 1.66. The van der Waals surface area contributed by atoms with Crippen molar-refractivity contribution in [3.63, 3.8) is 0 Å². The molecular weight excluding hydrogens is 240 g/mol. The molecule has 1 saturated carbocycles. The summed E-state index contributed by atoms with van der Waals surface area (Å²) in [5.74, 6) is 1.64. The largest absolute Gasteiger partial charge is 0.394 e. The Kier molecular flexibility index (Phi) is 5.49. The van der Waals surface area contributed by atoms with Crippen LogP contribution in [0.2, 0.25) is 0 Å². The second-order valence-electron chi connectivity index (χ2n) is 6.33. The van der Waals surface area contributed by atoms with Gasteiger partial charge in [-0.2, -0.15) is 0 Å². The van der Waals surface area contributed by atoms with E-state index in [-0.39, 0.29) is 18.7 Å². The Morgan fingerprint density at radius 2 is 2.16 bits per heavy atom. The number of amides is 2. The van der Waals surface area contributed by atoms with Crippen molar-refractivity contribution >= 4 is 6.03 Å². The van der Waals surface area contributed by atoms with E-state index in [2.05, 4.69) is 12.2 Å². The molecule has 0 aromatic heterocycles. The van der Waals surface area contributed by atoms with E-state index in [1.54, 1.807) is 4.90 Å². The molecule has 2 aliphatic rings. The van der Waals surface area contributed by atoms with Crippen molar-refractivity contribution in [1.29, 1.82) is 0 Å². The van der Waals surface area contributed by atoms with Crippen molar-refractivity contribution < 1.29 is 9.90 Å². The second-order valence-corrected chi connectivity index (χ2v) is 6.33. The van der Waals surface area contributed by atoms with Gasteiger partial charge < -0.3 is 15.3 Å². The molecule has 1 saturated heterocycles. The van der Waals surface area contributed by atoms with E-state index in [4.69, 9.17) is 0 Å². The van der Waals surface area contributed by atoms with Crippen LogP contribution in [0.5, 0.6) is 0 Å². The second kappa shape index (κ2) is 7.13. The molecule has 4 heteroatoms. The van der Waals surface area contributed by atoms with Crippen molar-refractivity contribution in [1.82, 2.24) is 10.2 Å². The highest BCUT2D eigenvalue weighted by molar-refractivity contribution is 5.74. The molecule has 0 radical (unpaired) electrons. The van der Waals surface area contributed by atoms with Gasteiger partial charge in [0.05, 0.1) is 12.6 Å². The minimum absolute atomic E-state index is 0.0143. The average molecular weight is 268 g/mol. The molecule has 0 aromatic rings. The molecule has 3 atom stereocenters. The van der Waals surface area contributed by atoms with Crippen LogP contribution in [0.1, 0.15) is 51.9 Å². The number of aliphatic hydroxyl groups is 1. The van der Waals surface area contributed by atoms with Gasteiger partial charge in [-0.3, -0.25) is 0 Å². The number of nitrogens with zero attached hydrogens (tertiary/aromatic N) is 1. The fourth-order valence-electron chi connectivity index (χ4n) is 3.60. The van der Waals surface area contributed by atoms with Gasteiger partial charge in [-0.05, 0) is 37.5 Å². The zero-order chi connectivity index (χ0) is 13.7. The molecule has 110 valence electrons. The molecule has 1 heterocycles. The average Bonchev–Trinajstić information content (AvgIpc) is 2.87. The third kappa shape index (κ3) is 4.10. The smallest absolute Gasteiger partial charge is 0.317 e. The summed E-state index contributed by atoms with van der Waals surface area (Å²) >= 11 is 0. The van der Waals surface area contributed by atoms with E-state index < -0.39 is 0 Å². The van der Waals surface area contributed by atoms with E-state index in [9.17, 15) is 9.90 Å². The lowest BCUT2D eigenvalue weighted by Crippen LogP contribution is -2.44. The normalized spacial score (nSPS) is 31.5. The summed E-state index contributed by atoms with van der Waals surface area (Å²) in [4.78, 5) is 13.8. The molecule has 0 spiro atoms. The Bertz CT molecular complexity index is 296. The fourth-order valence-corrected chi connectivity index (χ4v) is 3.60. The van der Waals surface area contributed by atoms with E-state index in [1.165, 1.54) is 25.7 Å². The van der Waals surface area contributed by atoms with Crippen molar-refractivity contribution in [3.8, 4) is 0 Å². The summed E-state index contributed by atoms with van der Waals surface area (Å²) in [6.45, 7) is 4.00. The molecule has 0 aromatic carbocycles. The van der Waals surface area contributed by atoms with Crippen LogP contribution in [0.4, 0.5) is 4.79 Å². The number of hydrogen-bond acceptors (Lipinski definition) is 2. The number of rotatable bonds is 4. The van der Waals surface area contributed by atoms with Crippen LogP contribution in [-0.2, 0) is 0 Å². The standard InChI is InChI=1S/C15H28N2O2/c1-12-4-2-5-13(10-12)7-8-16-15(19)17-9-3-6-14(17)11-18/h12-14,18H,2-11H2,1H3,(H,16,19). The topological polar surface area (TPSA) is 52.6 Å². The van der Waals surface area contributed by atoms with Crippen LogP contribution in [0, 0.1) is 11.8 Å². The molecule has 1 aliphatic heterocycles. The summed E-state index contributed by atoms with van der Waals surface area (Å²) in [6.07, 6.45) is 8.41. The lowest BCUT2D eigenvalue weighted by molar-refractivity contribution is 0.156. The predicted molar refractivity (Wildman–Crippen MR) is 76.0 cm³/mol. The summed E-state index contributed by atoms with van der Waals surface area (Å²) < 4.78 is 0. The maximum Gasteiger partial charge on any atom is 0.317 e. The molecule has 2 N–H and O–H groups in total. The van der Waals surface area contributed by atoms with Crippen LogP contribution in [0.15, 0.2) is 0 Å². The van der Waals surface area contributed by atoms with Gasteiger partial charge in [-0.1, -0.05) is 26.2 Å². The zero-order valence-electron chi connectivity index (χ0n) is 12.1. The number of likely N-dealkylation sites (tertiary alicyclic amines) is 1. The summed E-state index contributed by atoms with van der Waals surface area (Å²) in [7, 11) is 0. The first kappa shape index (κ1) is 14.6. The maximum absolute atomic E-state index is 12.0. The first-order valence-corrected chi connectivity index (χ1v) is 7.86. The summed E-state index contributed by atoms with van der Waals surface area (Å²) in [5, 5.41) is 12.2. The van der Waals surface area contributed by atoms with Crippen LogP contribution in [0.25, 0.3) is 0 Å². The highest BCUT2D eigenvalue weighted by Gasteiger charge is 2.28. The van der Waals surface area contributed by atoms with E-state index in [0.29, 0.717) is 0 Å². The number of hydrogen-bond donors (Lipinski definition) is 2. The highest BCUT2D eigenvalue weighted by Crippen LogP contribution is 2.30. The van der Waals surface area contributed by atoms with Crippen LogP contribution in [0.3, 0.4) is 0 Å². The number of nitrogens with one attached hydrogen (secondary N) is 1.